The average molecular weight is 362 g/mol. The van der Waals surface area contributed by atoms with Crippen LogP contribution >= 0.6 is 27.3 Å². The second-order valence-corrected chi connectivity index (χ2v) is 6.21. The number of benzene rings is 1. The van der Waals surface area contributed by atoms with Crippen LogP contribution in [0.4, 0.5) is 8.78 Å². The molecular formula is C14H14BrF2NOS. The van der Waals surface area contributed by atoms with E-state index in [9.17, 15) is 8.78 Å². The Morgan fingerprint density at radius 2 is 2.10 bits per heavy atom. The Kier molecular flexibility index (Phi) is 5.12. The van der Waals surface area contributed by atoms with E-state index in [0.717, 1.165) is 27.5 Å². The van der Waals surface area contributed by atoms with Crippen molar-refractivity contribution in [3.8, 4) is 5.75 Å². The zero-order valence-corrected chi connectivity index (χ0v) is 13.2. The highest BCUT2D eigenvalue weighted by molar-refractivity contribution is 9.10. The molecule has 0 fully saturated rings. The third-order valence-corrected chi connectivity index (χ3v) is 4.63. The van der Waals surface area contributed by atoms with E-state index in [2.05, 4.69) is 15.9 Å². The van der Waals surface area contributed by atoms with Gasteiger partial charge >= 0.3 is 0 Å². The Labute approximate surface area is 128 Å². The van der Waals surface area contributed by atoms with Gasteiger partial charge in [-0.3, -0.25) is 0 Å². The van der Waals surface area contributed by atoms with Crippen molar-refractivity contribution in [2.45, 2.75) is 25.5 Å². The minimum absolute atomic E-state index is 0.122. The molecule has 0 spiro atoms. The summed E-state index contributed by atoms with van der Waals surface area (Å²) < 4.78 is 33.4. The van der Waals surface area contributed by atoms with Gasteiger partial charge in [-0.25, -0.2) is 8.78 Å². The highest BCUT2D eigenvalue weighted by atomic mass is 79.9. The Morgan fingerprint density at radius 1 is 1.35 bits per heavy atom. The monoisotopic (exact) mass is 361 g/mol. The summed E-state index contributed by atoms with van der Waals surface area (Å²) in [7, 11) is 0. The van der Waals surface area contributed by atoms with Crippen LogP contribution in [0.15, 0.2) is 34.1 Å². The number of halogens is 3. The Morgan fingerprint density at radius 3 is 2.70 bits per heavy atom. The third kappa shape index (κ3) is 3.56. The molecule has 0 radical (unpaired) electrons. The van der Waals surface area contributed by atoms with Gasteiger partial charge in [-0.15, -0.1) is 11.3 Å². The molecule has 6 heteroatoms. The maximum Gasteiger partial charge on any atom is 0.165 e. The molecule has 1 aromatic heterocycles. The molecule has 0 saturated heterocycles. The highest BCUT2D eigenvalue weighted by Gasteiger charge is 2.23. The van der Waals surface area contributed by atoms with Crippen molar-refractivity contribution in [3.05, 3.63) is 50.6 Å². The van der Waals surface area contributed by atoms with E-state index in [4.69, 9.17) is 10.5 Å². The minimum Gasteiger partial charge on any atom is -0.480 e. The normalized spacial score (nSPS) is 14.1. The third-order valence-electron chi connectivity index (χ3n) is 2.88. The molecule has 0 amide bonds. The van der Waals surface area contributed by atoms with E-state index >= 15 is 0 Å². The molecule has 1 aromatic carbocycles. The second-order valence-electron chi connectivity index (χ2n) is 4.35. The molecule has 0 aliphatic heterocycles. The van der Waals surface area contributed by atoms with E-state index in [0.29, 0.717) is 6.42 Å². The van der Waals surface area contributed by atoms with Crippen LogP contribution in [-0.2, 0) is 0 Å². The number of thiophene rings is 1. The lowest BCUT2D eigenvalue weighted by molar-refractivity contribution is 0.166. The van der Waals surface area contributed by atoms with Crippen molar-refractivity contribution < 1.29 is 13.5 Å². The molecule has 0 saturated carbocycles. The van der Waals surface area contributed by atoms with Crippen LogP contribution in [0.5, 0.6) is 5.75 Å². The zero-order chi connectivity index (χ0) is 14.7. The summed E-state index contributed by atoms with van der Waals surface area (Å²) in [5.41, 5.74) is 6.04. The maximum atomic E-state index is 13.7. The summed E-state index contributed by atoms with van der Waals surface area (Å²) >= 11 is 4.83. The van der Waals surface area contributed by atoms with E-state index < -0.39 is 17.7 Å². The van der Waals surface area contributed by atoms with Gasteiger partial charge in [-0.05, 0) is 40.5 Å². The lowest BCUT2D eigenvalue weighted by atomic mass is 10.1. The van der Waals surface area contributed by atoms with Crippen molar-refractivity contribution in [1.29, 1.82) is 0 Å². The molecule has 2 rings (SSSR count). The number of rotatable bonds is 5. The minimum atomic E-state index is -0.602. The summed E-state index contributed by atoms with van der Waals surface area (Å²) in [4.78, 5) is 0.870. The van der Waals surface area contributed by atoms with Crippen LogP contribution in [0, 0.1) is 11.6 Å². The summed E-state index contributed by atoms with van der Waals surface area (Å²) in [6.07, 6.45) is 0.157. The molecule has 0 bridgehead atoms. The van der Waals surface area contributed by atoms with Crippen molar-refractivity contribution >= 4 is 27.3 Å². The van der Waals surface area contributed by atoms with Gasteiger partial charge in [0.2, 0.25) is 0 Å². The van der Waals surface area contributed by atoms with Crippen molar-refractivity contribution in [3.63, 3.8) is 0 Å². The molecule has 2 unspecified atom stereocenters. The van der Waals surface area contributed by atoms with Crippen LogP contribution in [0.3, 0.4) is 0 Å². The molecule has 0 aliphatic rings. The predicted octanol–water partition coefficient (Wildman–Crippen LogP) is 4.65. The zero-order valence-electron chi connectivity index (χ0n) is 10.8. The second kappa shape index (κ2) is 6.65. The van der Waals surface area contributed by atoms with Crippen LogP contribution in [0.2, 0.25) is 0 Å². The number of hydrogen-bond acceptors (Lipinski definition) is 3. The molecule has 20 heavy (non-hydrogen) atoms. The van der Waals surface area contributed by atoms with Gasteiger partial charge in [0.15, 0.2) is 11.6 Å². The molecule has 0 aliphatic carbocycles. The first-order valence-electron chi connectivity index (χ1n) is 6.12. The topological polar surface area (TPSA) is 35.2 Å². The molecule has 2 atom stereocenters. The fourth-order valence-corrected chi connectivity index (χ4v) is 3.30. The number of ether oxygens (including phenoxy) is 1. The fourth-order valence-electron chi connectivity index (χ4n) is 1.75. The van der Waals surface area contributed by atoms with E-state index in [1.165, 1.54) is 11.3 Å². The first-order chi connectivity index (χ1) is 9.51. The molecule has 2 aromatic rings. The van der Waals surface area contributed by atoms with Crippen LogP contribution in [0.25, 0.3) is 0 Å². The summed E-state index contributed by atoms with van der Waals surface area (Å²) in [5, 5.41) is 1.90. The molecular weight excluding hydrogens is 348 g/mol. The van der Waals surface area contributed by atoms with Gasteiger partial charge in [0, 0.05) is 26.8 Å². The highest BCUT2D eigenvalue weighted by Crippen LogP contribution is 2.33. The largest absolute Gasteiger partial charge is 0.480 e. The summed E-state index contributed by atoms with van der Waals surface area (Å²) in [6, 6.07) is 4.71. The van der Waals surface area contributed by atoms with Gasteiger partial charge in [0.1, 0.15) is 11.9 Å². The van der Waals surface area contributed by atoms with Crippen molar-refractivity contribution in [1.82, 2.24) is 0 Å². The van der Waals surface area contributed by atoms with E-state index in [1.807, 2.05) is 18.4 Å². The Bertz CT molecular complexity index is 590. The predicted molar refractivity (Wildman–Crippen MR) is 80.0 cm³/mol. The van der Waals surface area contributed by atoms with Crippen molar-refractivity contribution in [2.24, 2.45) is 5.73 Å². The molecule has 2 N–H and O–H groups in total. The van der Waals surface area contributed by atoms with Crippen LogP contribution in [0.1, 0.15) is 24.3 Å². The van der Waals surface area contributed by atoms with Gasteiger partial charge in [0.05, 0.1) is 0 Å². The lowest BCUT2D eigenvalue weighted by Crippen LogP contribution is -2.31. The summed E-state index contributed by atoms with van der Waals surface area (Å²) in [6.45, 7) is 1.92. The van der Waals surface area contributed by atoms with Gasteiger partial charge in [0.25, 0.3) is 0 Å². The molecule has 108 valence electrons. The van der Waals surface area contributed by atoms with Crippen LogP contribution in [-0.4, -0.2) is 6.04 Å². The fraction of sp³-hybridized carbons (Fsp3) is 0.286. The SMILES string of the molecule is CCC(N)C(Oc1cc(F)ccc1F)c1cc(Br)cs1. The number of hydrogen-bond donors (Lipinski definition) is 1. The lowest BCUT2D eigenvalue weighted by Gasteiger charge is -2.23. The first-order valence-corrected chi connectivity index (χ1v) is 7.79. The quantitative estimate of drug-likeness (QED) is 0.841. The van der Waals surface area contributed by atoms with Gasteiger partial charge < -0.3 is 10.5 Å². The van der Waals surface area contributed by atoms with Crippen LogP contribution < -0.4 is 10.5 Å². The number of nitrogens with two attached hydrogens (primary N) is 1. The van der Waals surface area contributed by atoms with Crippen molar-refractivity contribution in [2.75, 3.05) is 0 Å². The molecule has 2 nitrogen and oxygen atoms in total. The van der Waals surface area contributed by atoms with Gasteiger partial charge in [-0.2, -0.15) is 0 Å². The van der Waals surface area contributed by atoms with E-state index in [1.54, 1.807) is 0 Å². The summed E-state index contributed by atoms with van der Waals surface area (Å²) in [5.74, 6) is -1.27. The maximum absolute atomic E-state index is 13.7. The standard InChI is InChI=1S/C14H14BrF2NOS/c1-2-11(18)14(13-5-8(15)7-20-13)19-12-6-9(16)3-4-10(12)17/h3-7,11,14H,2,18H2,1H3. The van der Waals surface area contributed by atoms with E-state index in [-0.39, 0.29) is 11.8 Å². The first kappa shape index (κ1) is 15.4. The Hall–Kier alpha value is -0.980. The molecule has 1 heterocycles. The Balaban J connectivity index is 2.30. The smallest absolute Gasteiger partial charge is 0.165 e. The average Bonchev–Trinajstić information content (AvgIpc) is 2.85. The van der Waals surface area contributed by atoms with Gasteiger partial charge in [-0.1, -0.05) is 6.92 Å².